The summed E-state index contributed by atoms with van der Waals surface area (Å²) in [6.45, 7) is 4.30. The maximum atomic E-state index is 15.1. The van der Waals surface area contributed by atoms with Crippen LogP contribution in [0, 0.1) is 12.7 Å². The van der Waals surface area contributed by atoms with Gasteiger partial charge in [-0.05, 0) is 44.0 Å². The molecule has 37 heavy (non-hydrogen) atoms. The van der Waals surface area contributed by atoms with Crippen LogP contribution < -0.4 is 14.2 Å². The number of rotatable bonds is 8. The topological polar surface area (TPSA) is 98.8 Å². The summed E-state index contributed by atoms with van der Waals surface area (Å²) >= 11 is 0. The fraction of sp³-hybridized carbons (Fsp3) is 0.370. The van der Waals surface area contributed by atoms with Gasteiger partial charge in [-0.3, -0.25) is 4.79 Å². The molecule has 0 radical (unpaired) electrons. The van der Waals surface area contributed by atoms with E-state index < -0.39 is 5.82 Å². The molecule has 2 saturated heterocycles. The fourth-order valence-corrected chi connectivity index (χ4v) is 4.97. The summed E-state index contributed by atoms with van der Waals surface area (Å²) in [4.78, 5) is 26.2. The van der Waals surface area contributed by atoms with Gasteiger partial charge in [0.05, 0.1) is 43.4 Å². The number of likely N-dealkylation sites (tertiary alicyclic amines) is 1. The maximum Gasteiger partial charge on any atom is 0.230 e. The van der Waals surface area contributed by atoms with Crippen molar-refractivity contribution in [3.05, 3.63) is 48.2 Å². The van der Waals surface area contributed by atoms with Crippen molar-refractivity contribution in [2.24, 2.45) is 0 Å². The first-order chi connectivity index (χ1) is 18.0. The number of amides is 1. The summed E-state index contributed by atoms with van der Waals surface area (Å²) in [5.74, 6) is 0.893. The largest absolute Gasteiger partial charge is 0.493 e. The Kier molecular flexibility index (Phi) is 5.83. The molecule has 0 saturated carbocycles. The third kappa shape index (κ3) is 4.11. The number of H-pyrrole nitrogens is 1. The van der Waals surface area contributed by atoms with Crippen molar-refractivity contribution >= 4 is 27.7 Å². The summed E-state index contributed by atoms with van der Waals surface area (Å²) in [7, 11) is 1.54. The van der Waals surface area contributed by atoms with Crippen LogP contribution in [0.1, 0.15) is 25.0 Å². The van der Waals surface area contributed by atoms with Gasteiger partial charge in [-0.25, -0.2) is 14.4 Å². The Morgan fingerprint density at radius 2 is 2.03 bits per heavy atom. The van der Waals surface area contributed by atoms with Gasteiger partial charge in [-0.15, -0.1) is 0 Å². The number of nitrogens with zero attached hydrogens (tertiary/aromatic N) is 3. The molecule has 2 aliphatic heterocycles. The number of halogens is 1. The molecule has 2 fully saturated rings. The number of aromatic amines is 1. The molecule has 0 aliphatic carbocycles. The van der Waals surface area contributed by atoms with Crippen molar-refractivity contribution in [2.45, 2.75) is 31.7 Å². The van der Waals surface area contributed by atoms with Crippen molar-refractivity contribution in [2.75, 3.05) is 33.5 Å². The Hall–Kier alpha value is -3.92. The van der Waals surface area contributed by atoms with Gasteiger partial charge in [0.1, 0.15) is 6.33 Å². The Morgan fingerprint density at radius 1 is 1.16 bits per heavy atom. The second kappa shape index (κ2) is 9.19. The van der Waals surface area contributed by atoms with Gasteiger partial charge in [-0.1, -0.05) is 0 Å². The van der Waals surface area contributed by atoms with Crippen LogP contribution in [0.5, 0.6) is 23.1 Å². The number of hydrogen-bond acceptors (Lipinski definition) is 7. The normalized spacial score (nSPS) is 16.0. The zero-order chi connectivity index (χ0) is 25.6. The number of carbonyl (C=O) groups excluding carboxylic acids is 1. The molecule has 0 atom stereocenters. The number of aromatic nitrogens is 3. The number of hydrogen-bond donors (Lipinski definition) is 1. The minimum Gasteiger partial charge on any atom is -0.493 e. The van der Waals surface area contributed by atoms with Crippen LogP contribution in [0.3, 0.4) is 0 Å². The first-order valence-electron chi connectivity index (χ1n) is 12.3. The molecule has 192 valence electrons. The van der Waals surface area contributed by atoms with Crippen LogP contribution in [-0.2, 0) is 9.53 Å². The van der Waals surface area contributed by atoms with Gasteiger partial charge in [0.25, 0.3) is 0 Å². The van der Waals surface area contributed by atoms with E-state index in [1.165, 1.54) is 13.4 Å². The lowest BCUT2D eigenvalue weighted by Crippen LogP contribution is -2.72. The van der Waals surface area contributed by atoms with Gasteiger partial charge >= 0.3 is 0 Å². The molecule has 4 aromatic rings. The van der Waals surface area contributed by atoms with E-state index in [0.29, 0.717) is 66.0 Å². The van der Waals surface area contributed by atoms with Crippen LogP contribution in [0.4, 0.5) is 4.39 Å². The summed E-state index contributed by atoms with van der Waals surface area (Å²) in [5, 5.41) is 1.00. The highest BCUT2D eigenvalue weighted by atomic mass is 19.1. The average Bonchev–Trinajstić information content (AvgIpc) is 3.23. The molecular weight excluding hydrogens is 479 g/mol. The van der Waals surface area contributed by atoms with Crippen molar-refractivity contribution in [1.82, 2.24) is 19.9 Å². The molecule has 9 nitrogen and oxygen atoms in total. The molecule has 2 aliphatic rings. The lowest BCUT2D eigenvalue weighted by molar-refractivity contribution is -0.199. The van der Waals surface area contributed by atoms with E-state index in [9.17, 15) is 4.79 Å². The van der Waals surface area contributed by atoms with Crippen LogP contribution in [0.15, 0.2) is 36.7 Å². The standard InChI is InChI=1S/C27H27FN4O5/c1-16-10-17-19(31-16)5-6-21(25(17)28)37-26-18-11-22(34-2)23(12-20(18)29-15-30-26)36-9-3-4-24(33)32-8-7-27(32)13-35-14-27/h5-6,10-12,15,31H,3-4,7-9,13-14H2,1-2H3. The first kappa shape index (κ1) is 23.5. The summed E-state index contributed by atoms with van der Waals surface area (Å²) in [6.07, 6.45) is 3.36. The van der Waals surface area contributed by atoms with Crippen LogP contribution in [0.25, 0.3) is 21.8 Å². The SMILES string of the molecule is COc1cc2c(Oc3ccc4[nH]c(C)cc4c3F)ncnc2cc1OCCCC(=O)N1CCC12COC2. The van der Waals surface area contributed by atoms with E-state index >= 15 is 4.39 Å². The molecule has 0 bridgehead atoms. The molecule has 1 spiro atoms. The van der Waals surface area contributed by atoms with E-state index in [4.69, 9.17) is 18.9 Å². The second-order valence-electron chi connectivity index (χ2n) is 9.56. The van der Waals surface area contributed by atoms with Crippen molar-refractivity contribution < 1.29 is 28.1 Å². The van der Waals surface area contributed by atoms with Gasteiger partial charge in [-0.2, -0.15) is 0 Å². The van der Waals surface area contributed by atoms with E-state index in [1.807, 2.05) is 11.8 Å². The molecule has 2 aromatic carbocycles. The number of aryl methyl sites for hydroxylation is 1. The van der Waals surface area contributed by atoms with Gasteiger partial charge < -0.3 is 28.8 Å². The summed E-state index contributed by atoms with van der Waals surface area (Å²) in [5.41, 5.74) is 2.07. The quantitative estimate of drug-likeness (QED) is 0.351. The average molecular weight is 507 g/mol. The lowest BCUT2D eigenvalue weighted by atomic mass is 9.82. The van der Waals surface area contributed by atoms with E-state index in [-0.39, 0.29) is 23.1 Å². The van der Waals surface area contributed by atoms with E-state index in [0.717, 1.165) is 18.7 Å². The van der Waals surface area contributed by atoms with Crippen molar-refractivity contribution in [3.63, 3.8) is 0 Å². The van der Waals surface area contributed by atoms with Crippen molar-refractivity contribution in [3.8, 4) is 23.1 Å². The Bertz CT molecular complexity index is 1490. The van der Waals surface area contributed by atoms with Gasteiger partial charge in [0, 0.05) is 35.6 Å². The minimum absolute atomic E-state index is 0.0474. The van der Waals surface area contributed by atoms with Crippen LogP contribution >= 0.6 is 0 Å². The number of ether oxygens (including phenoxy) is 4. The predicted molar refractivity (Wildman–Crippen MR) is 134 cm³/mol. The second-order valence-corrected chi connectivity index (χ2v) is 9.56. The number of benzene rings is 2. The Balaban J connectivity index is 1.16. The molecule has 2 aromatic heterocycles. The van der Waals surface area contributed by atoms with Crippen LogP contribution in [0.2, 0.25) is 0 Å². The minimum atomic E-state index is -0.468. The highest BCUT2D eigenvalue weighted by molar-refractivity contribution is 5.87. The number of methoxy groups -OCH3 is 1. The molecule has 10 heteroatoms. The number of carbonyl (C=O) groups is 1. The number of nitrogens with one attached hydrogen (secondary N) is 1. The zero-order valence-corrected chi connectivity index (χ0v) is 20.7. The fourth-order valence-electron chi connectivity index (χ4n) is 4.97. The van der Waals surface area contributed by atoms with E-state index in [2.05, 4.69) is 15.0 Å². The Morgan fingerprint density at radius 3 is 2.76 bits per heavy atom. The molecule has 6 rings (SSSR count). The zero-order valence-electron chi connectivity index (χ0n) is 20.7. The molecule has 4 heterocycles. The van der Waals surface area contributed by atoms with Gasteiger partial charge in [0.2, 0.25) is 11.8 Å². The monoisotopic (exact) mass is 506 g/mol. The molecule has 1 N–H and O–H groups in total. The van der Waals surface area contributed by atoms with E-state index in [1.54, 1.807) is 30.3 Å². The summed E-state index contributed by atoms with van der Waals surface area (Å²) in [6, 6.07) is 8.51. The maximum absolute atomic E-state index is 15.1. The number of fused-ring (bicyclic) bond motifs is 2. The highest BCUT2D eigenvalue weighted by Gasteiger charge is 2.52. The first-order valence-corrected chi connectivity index (χ1v) is 12.3. The smallest absolute Gasteiger partial charge is 0.230 e. The van der Waals surface area contributed by atoms with Crippen molar-refractivity contribution in [1.29, 1.82) is 0 Å². The summed E-state index contributed by atoms with van der Waals surface area (Å²) < 4.78 is 37.8. The lowest BCUT2D eigenvalue weighted by Gasteiger charge is -2.57. The molecule has 1 amide bonds. The molecule has 0 unspecified atom stereocenters. The third-order valence-electron chi connectivity index (χ3n) is 7.14. The Labute approximate surface area is 212 Å². The predicted octanol–water partition coefficient (Wildman–Crippen LogP) is 4.52. The third-order valence-corrected chi connectivity index (χ3v) is 7.14. The molecular formula is C27H27FN4O5. The highest BCUT2D eigenvalue weighted by Crippen LogP contribution is 2.39. The van der Waals surface area contributed by atoms with Crippen LogP contribution in [-0.4, -0.2) is 64.8 Å². The van der Waals surface area contributed by atoms with Gasteiger partial charge in [0.15, 0.2) is 23.1 Å².